The van der Waals surface area contributed by atoms with Gasteiger partial charge < -0.3 is 4.42 Å². The maximum absolute atomic E-state index is 13.1. The van der Waals surface area contributed by atoms with Crippen LogP contribution in [0, 0.1) is 5.82 Å². The van der Waals surface area contributed by atoms with Crippen LogP contribution in [-0.2, 0) is 0 Å². The van der Waals surface area contributed by atoms with Crippen molar-refractivity contribution < 1.29 is 13.6 Å². The predicted octanol–water partition coefficient (Wildman–Crippen LogP) is 3.96. The molecule has 94 valence electrons. The molecule has 0 spiro atoms. The minimum absolute atomic E-state index is 0.149. The molecule has 0 atom stereocenters. The van der Waals surface area contributed by atoms with E-state index in [0.29, 0.717) is 11.0 Å². The van der Waals surface area contributed by atoms with Gasteiger partial charge in [-0.15, -0.1) is 0 Å². The van der Waals surface area contributed by atoms with E-state index in [2.05, 4.69) is 20.9 Å². The quantitative estimate of drug-likeness (QED) is 0.671. The van der Waals surface area contributed by atoms with Gasteiger partial charge in [0.2, 0.25) is 5.78 Å². The molecular formula is C14H7BrFNO2. The van der Waals surface area contributed by atoms with Crippen molar-refractivity contribution in [3.8, 4) is 0 Å². The molecule has 0 fully saturated rings. The number of benzene rings is 1. The van der Waals surface area contributed by atoms with Crippen molar-refractivity contribution in [1.82, 2.24) is 4.98 Å². The first kappa shape index (κ1) is 12.0. The Hall–Kier alpha value is -2.01. The van der Waals surface area contributed by atoms with Gasteiger partial charge in [0, 0.05) is 16.1 Å². The molecule has 5 heteroatoms. The minimum atomic E-state index is -0.367. The summed E-state index contributed by atoms with van der Waals surface area (Å²) in [6, 6.07) is 8.95. The van der Waals surface area contributed by atoms with Gasteiger partial charge in [0.05, 0.1) is 0 Å². The maximum atomic E-state index is 13.1. The van der Waals surface area contributed by atoms with Gasteiger partial charge in [-0.05, 0) is 52.3 Å². The Morgan fingerprint density at radius 2 is 2.05 bits per heavy atom. The molecule has 0 amide bonds. The molecule has 0 saturated heterocycles. The van der Waals surface area contributed by atoms with Crippen molar-refractivity contribution in [3.05, 3.63) is 64.3 Å². The number of furan rings is 1. The molecule has 0 aliphatic rings. The van der Waals surface area contributed by atoms with E-state index in [-0.39, 0.29) is 23.1 Å². The second kappa shape index (κ2) is 4.59. The largest absolute Gasteiger partial charge is 0.453 e. The van der Waals surface area contributed by atoms with Crippen LogP contribution in [0.3, 0.4) is 0 Å². The summed E-state index contributed by atoms with van der Waals surface area (Å²) in [5.74, 6) is -0.548. The van der Waals surface area contributed by atoms with Gasteiger partial charge in [0.25, 0.3) is 0 Å². The van der Waals surface area contributed by atoms with Crippen LogP contribution in [0.2, 0.25) is 0 Å². The second-order valence-electron chi connectivity index (χ2n) is 3.98. The van der Waals surface area contributed by atoms with Gasteiger partial charge >= 0.3 is 0 Å². The molecule has 0 aliphatic carbocycles. The monoisotopic (exact) mass is 319 g/mol. The number of pyridine rings is 1. The van der Waals surface area contributed by atoms with Crippen molar-refractivity contribution >= 4 is 32.7 Å². The Labute approximate surface area is 116 Å². The van der Waals surface area contributed by atoms with Crippen LogP contribution in [-0.4, -0.2) is 10.8 Å². The van der Waals surface area contributed by atoms with Gasteiger partial charge in [-0.2, -0.15) is 0 Å². The first-order valence-corrected chi connectivity index (χ1v) is 6.28. The minimum Gasteiger partial charge on any atom is -0.453 e. The number of carbonyl (C=O) groups excluding carboxylic acids is 1. The summed E-state index contributed by atoms with van der Waals surface area (Å²) in [7, 11) is 0. The highest BCUT2D eigenvalue weighted by molar-refractivity contribution is 9.10. The van der Waals surface area contributed by atoms with E-state index in [9.17, 15) is 9.18 Å². The molecule has 0 saturated carbocycles. The third kappa shape index (κ3) is 2.29. The highest BCUT2D eigenvalue weighted by Gasteiger charge is 2.16. The van der Waals surface area contributed by atoms with Gasteiger partial charge in [-0.3, -0.25) is 9.78 Å². The van der Waals surface area contributed by atoms with Crippen LogP contribution in [0.5, 0.6) is 0 Å². The number of nitrogens with zero attached hydrogens (tertiary/aromatic N) is 1. The lowest BCUT2D eigenvalue weighted by molar-refractivity contribution is 0.101. The molecule has 0 radical (unpaired) electrons. The van der Waals surface area contributed by atoms with Crippen LogP contribution >= 0.6 is 15.9 Å². The van der Waals surface area contributed by atoms with E-state index >= 15 is 0 Å². The molecule has 3 nitrogen and oxygen atoms in total. The molecule has 2 heterocycles. The summed E-state index contributed by atoms with van der Waals surface area (Å²) < 4.78 is 19.3. The topological polar surface area (TPSA) is 43.1 Å². The van der Waals surface area contributed by atoms with Crippen molar-refractivity contribution in [3.63, 3.8) is 0 Å². The number of rotatable bonds is 2. The number of aromatic nitrogens is 1. The summed E-state index contributed by atoms with van der Waals surface area (Å²) >= 11 is 3.25. The highest BCUT2D eigenvalue weighted by Crippen LogP contribution is 2.22. The summed E-state index contributed by atoms with van der Waals surface area (Å²) in [5, 5.41) is 0.556. The Kier molecular flexibility index (Phi) is 2.91. The Morgan fingerprint density at radius 1 is 1.21 bits per heavy atom. The third-order valence-corrected chi connectivity index (χ3v) is 3.13. The highest BCUT2D eigenvalue weighted by atomic mass is 79.9. The molecule has 0 unspecified atom stereocenters. The molecular weight excluding hydrogens is 313 g/mol. The fraction of sp³-hybridized carbons (Fsp3) is 0. The van der Waals surface area contributed by atoms with Gasteiger partial charge in [0.15, 0.2) is 5.76 Å². The summed E-state index contributed by atoms with van der Waals surface area (Å²) in [6.07, 6.45) is 1.54. The van der Waals surface area contributed by atoms with E-state index in [1.54, 1.807) is 12.1 Å². The fourth-order valence-corrected chi connectivity index (χ4v) is 2.00. The van der Waals surface area contributed by atoms with Crippen LogP contribution in [0.25, 0.3) is 11.0 Å². The molecule has 3 rings (SSSR count). The zero-order valence-electron chi connectivity index (χ0n) is 9.56. The molecule has 0 N–H and O–H groups in total. The van der Waals surface area contributed by atoms with E-state index in [4.69, 9.17) is 4.42 Å². The van der Waals surface area contributed by atoms with Crippen LogP contribution in [0.4, 0.5) is 4.39 Å². The first-order chi connectivity index (χ1) is 9.13. The number of fused-ring (bicyclic) bond motifs is 1. The average Bonchev–Trinajstić information content (AvgIpc) is 2.81. The predicted molar refractivity (Wildman–Crippen MR) is 71.5 cm³/mol. The Morgan fingerprint density at radius 3 is 2.79 bits per heavy atom. The lowest BCUT2D eigenvalue weighted by Gasteiger charge is -1.96. The SMILES string of the molecule is O=C(c1ccc(Br)cn1)c1cc2cc(F)ccc2o1. The summed E-state index contributed by atoms with van der Waals surface area (Å²) in [5.41, 5.74) is 0.754. The van der Waals surface area contributed by atoms with Crippen molar-refractivity contribution in [1.29, 1.82) is 0 Å². The lowest BCUT2D eigenvalue weighted by atomic mass is 10.2. The summed E-state index contributed by atoms with van der Waals surface area (Å²) in [4.78, 5) is 16.2. The number of hydrogen-bond acceptors (Lipinski definition) is 3. The Balaban J connectivity index is 2.04. The van der Waals surface area contributed by atoms with Gasteiger partial charge in [-0.1, -0.05) is 0 Å². The van der Waals surface area contributed by atoms with Crippen molar-refractivity contribution in [2.75, 3.05) is 0 Å². The van der Waals surface area contributed by atoms with Crippen LogP contribution in [0.15, 0.2) is 51.5 Å². The normalized spacial score (nSPS) is 10.8. The molecule has 3 aromatic rings. The van der Waals surface area contributed by atoms with E-state index in [1.165, 1.54) is 30.5 Å². The molecule has 2 aromatic heterocycles. The van der Waals surface area contributed by atoms with Gasteiger partial charge in [0.1, 0.15) is 17.1 Å². The molecule has 19 heavy (non-hydrogen) atoms. The average molecular weight is 320 g/mol. The summed E-state index contributed by atoms with van der Waals surface area (Å²) in [6.45, 7) is 0. The molecule has 1 aromatic carbocycles. The molecule has 0 aliphatic heterocycles. The van der Waals surface area contributed by atoms with Gasteiger partial charge in [-0.25, -0.2) is 4.39 Å². The zero-order valence-corrected chi connectivity index (χ0v) is 11.1. The standard InChI is InChI=1S/C14H7BrFNO2/c15-9-1-3-11(17-7-9)14(18)13-6-8-5-10(16)2-4-12(8)19-13/h1-7H. The molecule has 0 bridgehead atoms. The number of ketones is 1. The maximum Gasteiger partial charge on any atom is 0.246 e. The van der Waals surface area contributed by atoms with Crippen LogP contribution < -0.4 is 0 Å². The van der Waals surface area contributed by atoms with Crippen molar-refractivity contribution in [2.45, 2.75) is 0 Å². The fourth-order valence-electron chi connectivity index (χ4n) is 1.76. The van der Waals surface area contributed by atoms with E-state index < -0.39 is 0 Å². The van der Waals surface area contributed by atoms with E-state index in [0.717, 1.165) is 4.47 Å². The number of carbonyl (C=O) groups is 1. The van der Waals surface area contributed by atoms with Crippen molar-refractivity contribution in [2.24, 2.45) is 0 Å². The van der Waals surface area contributed by atoms with E-state index in [1.807, 2.05) is 0 Å². The second-order valence-corrected chi connectivity index (χ2v) is 4.90. The Bertz CT molecular complexity index is 765. The first-order valence-electron chi connectivity index (χ1n) is 5.49. The van der Waals surface area contributed by atoms with Crippen LogP contribution in [0.1, 0.15) is 16.2 Å². The smallest absolute Gasteiger partial charge is 0.246 e. The number of hydrogen-bond donors (Lipinski definition) is 0. The number of halogens is 2. The lowest BCUT2D eigenvalue weighted by Crippen LogP contribution is -2.01. The third-order valence-electron chi connectivity index (χ3n) is 2.66. The zero-order chi connectivity index (χ0) is 13.4.